The SMILES string of the molecule is Nc1nc(C2CCC2)nc2c1CCC2. The summed E-state index contributed by atoms with van der Waals surface area (Å²) in [6, 6.07) is 0. The summed E-state index contributed by atoms with van der Waals surface area (Å²) in [6.45, 7) is 0. The number of anilines is 1. The molecule has 0 radical (unpaired) electrons. The third-order valence-electron chi connectivity index (χ3n) is 3.45. The fraction of sp³-hybridized carbons (Fsp3) is 0.636. The van der Waals surface area contributed by atoms with Crippen molar-refractivity contribution in [2.45, 2.75) is 44.4 Å². The molecular formula is C11H15N3. The Bertz CT molecular complexity index is 369. The maximum Gasteiger partial charge on any atom is 0.134 e. The van der Waals surface area contributed by atoms with Crippen LogP contribution in [0.25, 0.3) is 0 Å². The molecule has 2 aliphatic carbocycles. The van der Waals surface area contributed by atoms with Gasteiger partial charge in [-0.3, -0.25) is 0 Å². The highest BCUT2D eigenvalue weighted by molar-refractivity contribution is 5.45. The Labute approximate surface area is 83.8 Å². The lowest BCUT2D eigenvalue weighted by Crippen LogP contribution is -2.15. The molecule has 74 valence electrons. The molecule has 0 bridgehead atoms. The molecule has 3 nitrogen and oxygen atoms in total. The predicted octanol–water partition coefficient (Wildman–Crippen LogP) is 1.81. The number of nitrogens with zero attached hydrogens (tertiary/aromatic N) is 2. The van der Waals surface area contributed by atoms with Crippen LogP contribution in [0, 0.1) is 0 Å². The highest BCUT2D eigenvalue weighted by atomic mass is 15.0. The summed E-state index contributed by atoms with van der Waals surface area (Å²) in [6.07, 6.45) is 7.19. The van der Waals surface area contributed by atoms with Gasteiger partial charge >= 0.3 is 0 Å². The van der Waals surface area contributed by atoms with E-state index >= 15 is 0 Å². The van der Waals surface area contributed by atoms with Crippen molar-refractivity contribution in [1.82, 2.24) is 9.97 Å². The minimum Gasteiger partial charge on any atom is -0.383 e. The molecule has 1 aromatic rings. The maximum absolute atomic E-state index is 5.94. The van der Waals surface area contributed by atoms with Gasteiger partial charge in [0.2, 0.25) is 0 Å². The monoisotopic (exact) mass is 189 g/mol. The summed E-state index contributed by atoms with van der Waals surface area (Å²) in [5.41, 5.74) is 8.38. The van der Waals surface area contributed by atoms with E-state index in [0.29, 0.717) is 5.92 Å². The van der Waals surface area contributed by atoms with Crippen LogP contribution < -0.4 is 5.73 Å². The van der Waals surface area contributed by atoms with Crippen molar-refractivity contribution in [1.29, 1.82) is 0 Å². The third-order valence-corrected chi connectivity index (χ3v) is 3.45. The quantitative estimate of drug-likeness (QED) is 0.733. The van der Waals surface area contributed by atoms with E-state index in [0.717, 1.165) is 24.5 Å². The third kappa shape index (κ3) is 1.11. The minimum absolute atomic E-state index is 0.600. The van der Waals surface area contributed by atoms with Gasteiger partial charge in [-0.2, -0.15) is 0 Å². The van der Waals surface area contributed by atoms with Crippen LogP contribution in [-0.4, -0.2) is 9.97 Å². The maximum atomic E-state index is 5.94. The standard InChI is InChI=1S/C11H15N3/c12-10-8-5-2-6-9(8)13-11(14-10)7-3-1-4-7/h7H,1-6H2,(H2,12,13,14). The van der Waals surface area contributed by atoms with Gasteiger partial charge < -0.3 is 5.73 Å². The number of rotatable bonds is 1. The Balaban J connectivity index is 2.02. The van der Waals surface area contributed by atoms with Crippen LogP contribution in [0.3, 0.4) is 0 Å². The molecule has 0 atom stereocenters. The van der Waals surface area contributed by atoms with Gasteiger partial charge in [0, 0.05) is 17.2 Å². The molecule has 0 aliphatic heterocycles. The first kappa shape index (κ1) is 8.21. The lowest BCUT2D eigenvalue weighted by Gasteiger charge is -2.24. The second-order valence-corrected chi connectivity index (χ2v) is 4.37. The molecule has 0 aromatic carbocycles. The summed E-state index contributed by atoms with van der Waals surface area (Å²) in [5.74, 6) is 2.35. The molecule has 1 heterocycles. The zero-order chi connectivity index (χ0) is 9.54. The highest BCUT2D eigenvalue weighted by Gasteiger charge is 2.25. The number of nitrogens with two attached hydrogens (primary N) is 1. The Hall–Kier alpha value is -1.12. The van der Waals surface area contributed by atoms with Crippen LogP contribution in [0.5, 0.6) is 0 Å². The molecule has 1 aromatic heterocycles. The molecule has 1 fully saturated rings. The molecule has 2 aliphatic rings. The molecule has 0 amide bonds. The van der Waals surface area contributed by atoms with Crippen LogP contribution in [-0.2, 0) is 12.8 Å². The second-order valence-electron chi connectivity index (χ2n) is 4.37. The van der Waals surface area contributed by atoms with Crippen molar-refractivity contribution in [3.63, 3.8) is 0 Å². The molecule has 2 N–H and O–H groups in total. The summed E-state index contributed by atoms with van der Waals surface area (Å²) in [4.78, 5) is 9.08. The first-order valence-electron chi connectivity index (χ1n) is 5.50. The number of hydrogen-bond acceptors (Lipinski definition) is 3. The smallest absolute Gasteiger partial charge is 0.134 e. The van der Waals surface area contributed by atoms with E-state index in [4.69, 9.17) is 5.73 Å². The molecule has 3 heteroatoms. The van der Waals surface area contributed by atoms with E-state index in [1.807, 2.05) is 0 Å². The lowest BCUT2D eigenvalue weighted by atomic mass is 9.85. The van der Waals surface area contributed by atoms with Gasteiger partial charge in [0.05, 0.1) is 0 Å². The lowest BCUT2D eigenvalue weighted by molar-refractivity contribution is 0.401. The van der Waals surface area contributed by atoms with Crippen molar-refractivity contribution in [2.75, 3.05) is 5.73 Å². The predicted molar refractivity (Wildman–Crippen MR) is 55.1 cm³/mol. The van der Waals surface area contributed by atoms with E-state index in [2.05, 4.69) is 9.97 Å². The Morgan fingerprint density at radius 3 is 2.64 bits per heavy atom. The van der Waals surface area contributed by atoms with Gasteiger partial charge in [-0.25, -0.2) is 9.97 Å². The van der Waals surface area contributed by atoms with Crippen LogP contribution in [0.15, 0.2) is 0 Å². The molecular weight excluding hydrogens is 174 g/mol. The number of nitrogen functional groups attached to an aromatic ring is 1. The van der Waals surface area contributed by atoms with Gasteiger partial charge in [0.25, 0.3) is 0 Å². The first-order valence-corrected chi connectivity index (χ1v) is 5.50. The van der Waals surface area contributed by atoms with Gasteiger partial charge in [-0.05, 0) is 32.1 Å². The zero-order valence-corrected chi connectivity index (χ0v) is 8.29. The molecule has 14 heavy (non-hydrogen) atoms. The summed E-state index contributed by atoms with van der Waals surface area (Å²) in [5, 5.41) is 0. The Morgan fingerprint density at radius 2 is 1.93 bits per heavy atom. The number of aryl methyl sites for hydroxylation is 1. The van der Waals surface area contributed by atoms with Crippen LogP contribution in [0.4, 0.5) is 5.82 Å². The fourth-order valence-corrected chi connectivity index (χ4v) is 2.33. The van der Waals surface area contributed by atoms with E-state index in [1.165, 1.54) is 36.9 Å². The van der Waals surface area contributed by atoms with E-state index in [9.17, 15) is 0 Å². The van der Waals surface area contributed by atoms with Crippen molar-refractivity contribution in [2.24, 2.45) is 0 Å². The Kier molecular flexibility index (Phi) is 1.72. The fourth-order valence-electron chi connectivity index (χ4n) is 2.33. The van der Waals surface area contributed by atoms with Crippen LogP contribution in [0.2, 0.25) is 0 Å². The van der Waals surface area contributed by atoms with Gasteiger partial charge in [0.1, 0.15) is 11.6 Å². The number of hydrogen-bond donors (Lipinski definition) is 1. The summed E-state index contributed by atoms with van der Waals surface area (Å²) in [7, 11) is 0. The molecule has 0 spiro atoms. The summed E-state index contributed by atoms with van der Waals surface area (Å²) >= 11 is 0. The summed E-state index contributed by atoms with van der Waals surface area (Å²) < 4.78 is 0. The largest absolute Gasteiger partial charge is 0.383 e. The average Bonchev–Trinajstić information content (AvgIpc) is 2.48. The highest BCUT2D eigenvalue weighted by Crippen LogP contribution is 2.36. The normalized spacial score (nSPS) is 20.6. The number of aromatic nitrogens is 2. The average molecular weight is 189 g/mol. The van der Waals surface area contributed by atoms with E-state index in [-0.39, 0.29) is 0 Å². The molecule has 1 saturated carbocycles. The zero-order valence-electron chi connectivity index (χ0n) is 8.29. The van der Waals surface area contributed by atoms with Gasteiger partial charge in [-0.15, -0.1) is 0 Å². The van der Waals surface area contributed by atoms with Crippen molar-refractivity contribution < 1.29 is 0 Å². The van der Waals surface area contributed by atoms with Gasteiger partial charge in [0.15, 0.2) is 0 Å². The molecule has 0 unspecified atom stereocenters. The molecule has 3 rings (SSSR count). The van der Waals surface area contributed by atoms with E-state index < -0.39 is 0 Å². The van der Waals surface area contributed by atoms with Crippen LogP contribution in [0.1, 0.15) is 48.7 Å². The van der Waals surface area contributed by atoms with Crippen molar-refractivity contribution in [3.05, 3.63) is 17.1 Å². The Morgan fingerprint density at radius 1 is 1.07 bits per heavy atom. The first-order chi connectivity index (χ1) is 6.84. The van der Waals surface area contributed by atoms with Crippen LogP contribution >= 0.6 is 0 Å². The number of fused-ring (bicyclic) bond motifs is 1. The minimum atomic E-state index is 0.600. The van der Waals surface area contributed by atoms with E-state index in [1.54, 1.807) is 0 Å². The second kappa shape index (κ2) is 2.94. The van der Waals surface area contributed by atoms with Crippen molar-refractivity contribution in [3.8, 4) is 0 Å². The molecule has 0 saturated heterocycles. The topological polar surface area (TPSA) is 51.8 Å². The van der Waals surface area contributed by atoms with Crippen molar-refractivity contribution >= 4 is 5.82 Å². The van der Waals surface area contributed by atoms with Gasteiger partial charge in [-0.1, -0.05) is 6.42 Å².